The third kappa shape index (κ3) is 2.62. The van der Waals surface area contributed by atoms with E-state index in [0.717, 1.165) is 12.8 Å². The monoisotopic (exact) mass is 276 g/mol. The molecule has 1 aliphatic rings. The Morgan fingerprint density at radius 2 is 1.88 bits per heavy atom. The predicted molar refractivity (Wildman–Crippen MR) is 64.7 cm³/mol. The molecule has 92 valence electrons. The van der Waals surface area contributed by atoms with Crippen molar-refractivity contribution in [1.82, 2.24) is 0 Å². The van der Waals surface area contributed by atoms with Crippen LogP contribution < -0.4 is 10.5 Å². The molecule has 2 N–H and O–H groups in total. The number of ether oxygens (including phenoxy) is 1. The van der Waals surface area contributed by atoms with E-state index in [-0.39, 0.29) is 33.6 Å². The van der Waals surface area contributed by atoms with E-state index < -0.39 is 4.92 Å². The van der Waals surface area contributed by atoms with Gasteiger partial charge < -0.3 is 10.5 Å². The molecule has 0 bridgehead atoms. The highest BCUT2D eigenvalue weighted by Gasteiger charge is 2.29. The minimum Gasteiger partial charge on any atom is -0.487 e. The molecule has 17 heavy (non-hydrogen) atoms. The summed E-state index contributed by atoms with van der Waals surface area (Å²) in [4.78, 5) is 10.0. The summed E-state index contributed by atoms with van der Waals surface area (Å²) in [5.74, 6) is 0.288. The van der Waals surface area contributed by atoms with Gasteiger partial charge >= 0.3 is 0 Å². The van der Waals surface area contributed by atoms with Gasteiger partial charge in [0.05, 0.1) is 15.0 Å². The third-order valence-electron chi connectivity index (χ3n) is 2.61. The normalized spacial score (nSPS) is 23.0. The van der Waals surface area contributed by atoms with Crippen molar-refractivity contribution < 1.29 is 9.66 Å². The summed E-state index contributed by atoms with van der Waals surface area (Å²) >= 11 is 11.8. The Labute approximate surface area is 108 Å². The Bertz CT molecular complexity index is 438. The maximum atomic E-state index is 10.6. The van der Waals surface area contributed by atoms with E-state index in [1.165, 1.54) is 12.1 Å². The Morgan fingerprint density at radius 1 is 1.35 bits per heavy atom. The molecule has 7 heteroatoms. The molecule has 0 saturated heterocycles. The van der Waals surface area contributed by atoms with Crippen LogP contribution in [0.5, 0.6) is 5.75 Å². The van der Waals surface area contributed by atoms with Crippen LogP contribution in [-0.2, 0) is 0 Å². The largest absolute Gasteiger partial charge is 0.487 e. The molecule has 0 aromatic heterocycles. The highest BCUT2D eigenvalue weighted by Crippen LogP contribution is 2.39. The van der Waals surface area contributed by atoms with Crippen LogP contribution in [0.1, 0.15) is 12.8 Å². The first-order valence-corrected chi connectivity index (χ1v) is 5.78. The smallest absolute Gasteiger partial charge is 0.272 e. The van der Waals surface area contributed by atoms with Crippen LogP contribution in [0.3, 0.4) is 0 Å². The molecule has 0 atom stereocenters. The molecule has 0 unspecified atom stereocenters. The van der Waals surface area contributed by atoms with Crippen molar-refractivity contribution in [2.24, 2.45) is 5.73 Å². The average molecular weight is 277 g/mol. The van der Waals surface area contributed by atoms with Crippen LogP contribution in [0.2, 0.25) is 10.0 Å². The third-order valence-corrected chi connectivity index (χ3v) is 3.17. The Morgan fingerprint density at radius 3 is 2.29 bits per heavy atom. The lowest BCUT2D eigenvalue weighted by Gasteiger charge is -2.33. The van der Waals surface area contributed by atoms with Crippen molar-refractivity contribution in [3.05, 3.63) is 32.3 Å². The Balaban J connectivity index is 2.20. The zero-order valence-corrected chi connectivity index (χ0v) is 10.2. The minimum atomic E-state index is -0.555. The van der Waals surface area contributed by atoms with E-state index in [9.17, 15) is 10.1 Å². The van der Waals surface area contributed by atoms with Crippen molar-refractivity contribution in [3.63, 3.8) is 0 Å². The summed E-state index contributed by atoms with van der Waals surface area (Å²) in [5, 5.41) is 10.9. The first-order valence-electron chi connectivity index (χ1n) is 5.03. The molecule has 1 aromatic rings. The Kier molecular flexibility index (Phi) is 3.42. The molecule has 0 radical (unpaired) electrons. The van der Waals surface area contributed by atoms with E-state index in [1.54, 1.807) is 0 Å². The molecule has 2 rings (SSSR count). The number of rotatable bonds is 3. The average Bonchev–Trinajstić information content (AvgIpc) is 2.19. The van der Waals surface area contributed by atoms with E-state index in [1.807, 2.05) is 0 Å². The fraction of sp³-hybridized carbons (Fsp3) is 0.400. The lowest BCUT2D eigenvalue weighted by molar-refractivity contribution is -0.384. The summed E-state index contributed by atoms with van der Waals surface area (Å²) in [6.07, 6.45) is 1.47. The molecular weight excluding hydrogens is 267 g/mol. The molecule has 0 heterocycles. The summed E-state index contributed by atoms with van der Waals surface area (Å²) in [6.45, 7) is 0. The lowest BCUT2D eigenvalue weighted by Crippen LogP contribution is -2.43. The maximum Gasteiger partial charge on any atom is 0.272 e. The number of non-ortho nitro benzene ring substituents is 1. The van der Waals surface area contributed by atoms with E-state index in [4.69, 9.17) is 33.7 Å². The van der Waals surface area contributed by atoms with Crippen molar-refractivity contribution in [1.29, 1.82) is 0 Å². The van der Waals surface area contributed by atoms with E-state index >= 15 is 0 Å². The van der Waals surface area contributed by atoms with Gasteiger partial charge in [0.1, 0.15) is 6.10 Å². The van der Waals surface area contributed by atoms with Crippen LogP contribution in [0.25, 0.3) is 0 Å². The number of hydrogen-bond acceptors (Lipinski definition) is 4. The molecule has 0 aliphatic heterocycles. The molecule has 1 aromatic carbocycles. The van der Waals surface area contributed by atoms with Gasteiger partial charge in [-0.1, -0.05) is 23.2 Å². The number of benzene rings is 1. The SMILES string of the molecule is NC1CC(Oc2c(Cl)cc([N+](=O)[O-])cc2Cl)C1. The predicted octanol–water partition coefficient (Wildman–Crippen LogP) is 2.77. The van der Waals surface area contributed by atoms with E-state index in [0.29, 0.717) is 0 Å². The lowest BCUT2D eigenvalue weighted by atomic mass is 9.90. The van der Waals surface area contributed by atoms with Gasteiger partial charge in [0, 0.05) is 18.2 Å². The zero-order chi connectivity index (χ0) is 12.6. The van der Waals surface area contributed by atoms with Crippen molar-refractivity contribution >= 4 is 28.9 Å². The Hall–Kier alpha value is -1.04. The molecule has 0 amide bonds. The van der Waals surface area contributed by atoms with Gasteiger partial charge in [-0.25, -0.2) is 0 Å². The van der Waals surface area contributed by atoms with E-state index in [2.05, 4.69) is 0 Å². The van der Waals surface area contributed by atoms with Gasteiger partial charge in [0.2, 0.25) is 0 Å². The standard InChI is InChI=1S/C10H10Cl2N2O3/c11-8-3-6(14(15)16)4-9(12)10(8)17-7-1-5(13)2-7/h3-5,7H,1-2,13H2. The number of halogens is 2. The quantitative estimate of drug-likeness (QED) is 0.680. The highest BCUT2D eigenvalue weighted by molar-refractivity contribution is 6.37. The van der Waals surface area contributed by atoms with Crippen LogP contribution in [0.4, 0.5) is 5.69 Å². The second-order valence-corrected chi connectivity index (χ2v) is 4.78. The summed E-state index contributed by atoms with van der Waals surface area (Å²) < 4.78 is 5.55. The van der Waals surface area contributed by atoms with Crippen molar-refractivity contribution in [2.45, 2.75) is 25.0 Å². The number of nitro benzene ring substituents is 1. The summed E-state index contributed by atoms with van der Waals surface area (Å²) in [5.41, 5.74) is 5.47. The van der Waals surface area contributed by atoms with Gasteiger partial charge in [-0.15, -0.1) is 0 Å². The van der Waals surface area contributed by atoms with Gasteiger partial charge in [-0.2, -0.15) is 0 Å². The van der Waals surface area contributed by atoms with Gasteiger partial charge in [0.25, 0.3) is 5.69 Å². The second kappa shape index (κ2) is 4.68. The van der Waals surface area contributed by atoms with Crippen LogP contribution in [0, 0.1) is 10.1 Å². The highest BCUT2D eigenvalue weighted by atomic mass is 35.5. The molecule has 1 aliphatic carbocycles. The summed E-state index contributed by atoms with van der Waals surface area (Å²) in [6, 6.07) is 2.60. The molecule has 5 nitrogen and oxygen atoms in total. The molecule has 1 saturated carbocycles. The maximum absolute atomic E-state index is 10.6. The number of nitrogens with two attached hydrogens (primary N) is 1. The van der Waals surface area contributed by atoms with Crippen LogP contribution in [0.15, 0.2) is 12.1 Å². The molecular formula is C10H10Cl2N2O3. The first-order chi connectivity index (χ1) is 7.97. The number of hydrogen-bond donors (Lipinski definition) is 1. The first kappa shape index (κ1) is 12.4. The van der Waals surface area contributed by atoms with Gasteiger partial charge in [-0.05, 0) is 12.8 Å². The topological polar surface area (TPSA) is 78.4 Å². The van der Waals surface area contributed by atoms with Crippen LogP contribution in [-0.4, -0.2) is 17.1 Å². The molecule has 1 fully saturated rings. The van der Waals surface area contributed by atoms with Crippen LogP contribution >= 0.6 is 23.2 Å². The minimum absolute atomic E-state index is 0.0125. The fourth-order valence-corrected chi connectivity index (χ4v) is 2.20. The van der Waals surface area contributed by atoms with Crippen molar-refractivity contribution in [2.75, 3.05) is 0 Å². The number of nitrogens with zero attached hydrogens (tertiary/aromatic N) is 1. The number of nitro groups is 1. The zero-order valence-electron chi connectivity index (χ0n) is 8.73. The molecule has 0 spiro atoms. The van der Waals surface area contributed by atoms with Gasteiger partial charge in [-0.3, -0.25) is 10.1 Å². The second-order valence-electron chi connectivity index (χ2n) is 3.97. The van der Waals surface area contributed by atoms with Gasteiger partial charge in [0.15, 0.2) is 5.75 Å². The summed E-state index contributed by atoms with van der Waals surface area (Å²) in [7, 11) is 0. The van der Waals surface area contributed by atoms with Crippen molar-refractivity contribution in [3.8, 4) is 5.75 Å². The fourth-order valence-electron chi connectivity index (χ4n) is 1.63.